The van der Waals surface area contributed by atoms with Gasteiger partial charge in [0.05, 0.1) is 15.9 Å². The van der Waals surface area contributed by atoms with Gasteiger partial charge in [0, 0.05) is 13.6 Å². The van der Waals surface area contributed by atoms with Crippen LogP contribution in [0.3, 0.4) is 0 Å². The van der Waals surface area contributed by atoms with Gasteiger partial charge in [0.1, 0.15) is 0 Å². The van der Waals surface area contributed by atoms with E-state index in [0.717, 1.165) is 23.3 Å². The Balaban J connectivity index is 1.78. The summed E-state index contributed by atoms with van der Waals surface area (Å²) in [6.07, 6.45) is 7.51. The van der Waals surface area contributed by atoms with Gasteiger partial charge in [-0.2, -0.15) is 5.10 Å². The van der Waals surface area contributed by atoms with Gasteiger partial charge in [-0.1, -0.05) is 11.6 Å². The maximum absolute atomic E-state index is 4.39. The molecular formula is C13H20BrN3. The molecule has 1 aliphatic carbocycles. The molecule has 1 aromatic rings. The third-order valence-corrected chi connectivity index (χ3v) is 4.34. The van der Waals surface area contributed by atoms with E-state index in [-0.39, 0.29) is 0 Å². The van der Waals surface area contributed by atoms with Gasteiger partial charge in [-0.15, -0.1) is 0 Å². The van der Waals surface area contributed by atoms with Gasteiger partial charge in [0.15, 0.2) is 0 Å². The zero-order chi connectivity index (χ0) is 12.3. The van der Waals surface area contributed by atoms with Crippen LogP contribution in [0, 0.1) is 6.92 Å². The Hall–Kier alpha value is -0.610. The van der Waals surface area contributed by atoms with E-state index in [4.69, 9.17) is 0 Å². The number of halogens is 1. The minimum absolute atomic E-state index is 0.880. The molecule has 17 heavy (non-hydrogen) atoms. The molecule has 0 fully saturated rings. The monoisotopic (exact) mass is 297 g/mol. The second-order valence-electron chi connectivity index (χ2n) is 4.65. The van der Waals surface area contributed by atoms with Crippen LogP contribution in [0.5, 0.6) is 0 Å². The number of aromatic nitrogens is 2. The second kappa shape index (κ2) is 5.83. The molecule has 0 aromatic carbocycles. The summed E-state index contributed by atoms with van der Waals surface area (Å²) in [6, 6.07) is 0. The first-order valence-electron chi connectivity index (χ1n) is 6.25. The Morgan fingerprint density at radius 3 is 2.94 bits per heavy atom. The van der Waals surface area contributed by atoms with E-state index in [1.165, 1.54) is 31.4 Å². The summed E-state index contributed by atoms with van der Waals surface area (Å²) in [4.78, 5) is 0. The van der Waals surface area contributed by atoms with Crippen LogP contribution in [0.4, 0.5) is 0 Å². The molecular weight excluding hydrogens is 278 g/mol. The van der Waals surface area contributed by atoms with E-state index in [1.54, 1.807) is 5.57 Å². The van der Waals surface area contributed by atoms with E-state index in [1.807, 2.05) is 18.7 Å². The van der Waals surface area contributed by atoms with E-state index >= 15 is 0 Å². The van der Waals surface area contributed by atoms with Crippen molar-refractivity contribution in [1.82, 2.24) is 15.1 Å². The number of aryl methyl sites for hydroxylation is 2. The zero-order valence-corrected chi connectivity index (χ0v) is 12.2. The summed E-state index contributed by atoms with van der Waals surface area (Å²) in [5, 5.41) is 7.88. The molecule has 0 saturated heterocycles. The molecule has 0 amide bonds. The Bertz CT molecular complexity index is 421. The minimum atomic E-state index is 0.880. The Morgan fingerprint density at radius 2 is 2.35 bits per heavy atom. The molecule has 0 atom stereocenters. The van der Waals surface area contributed by atoms with Gasteiger partial charge in [-0.05, 0) is 55.1 Å². The van der Waals surface area contributed by atoms with Crippen molar-refractivity contribution in [3.63, 3.8) is 0 Å². The standard InChI is InChI=1S/C13H20BrN3/c1-10-13(14)12(17(2)16-10)9-15-8-7-11-5-3-4-6-11/h5,15H,3-4,6-9H2,1-2H3. The highest BCUT2D eigenvalue weighted by atomic mass is 79.9. The van der Waals surface area contributed by atoms with Crippen LogP contribution in [0.25, 0.3) is 0 Å². The fourth-order valence-electron chi connectivity index (χ4n) is 2.29. The third kappa shape index (κ3) is 3.19. The lowest BCUT2D eigenvalue weighted by atomic mass is 10.2. The van der Waals surface area contributed by atoms with Gasteiger partial charge in [-0.3, -0.25) is 4.68 Å². The lowest BCUT2D eigenvalue weighted by molar-refractivity contribution is 0.619. The van der Waals surface area contributed by atoms with E-state index in [2.05, 4.69) is 32.4 Å². The molecule has 0 bridgehead atoms. The summed E-state index contributed by atoms with van der Waals surface area (Å²) < 4.78 is 3.08. The molecule has 3 nitrogen and oxygen atoms in total. The van der Waals surface area contributed by atoms with Gasteiger partial charge in [0.25, 0.3) is 0 Å². The lowest BCUT2D eigenvalue weighted by Crippen LogP contribution is -2.17. The number of nitrogens with one attached hydrogen (secondary N) is 1. The molecule has 94 valence electrons. The number of hydrogen-bond acceptors (Lipinski definition) is 2. The lowest BCUT2D eigenvalue weighted by Gasteiger charge is -2.06. The Kier molecular flexibility index (Phi) is 4.40. The number of rotatable bonds is 5. The van der Waals surface area contributed by atoms with Crippen molar-refractivity contribution in [3.8, 4) is 0 Å². The SMILES string of the molecule is Cc1nn(C)c(CNCCC2=CCCC2)c1Br. The van der Waals surface area contributed by atoms with E-state index in [0.29, 0.717) is 0 Å². The van der Waals surface area contributed by atoms with Crippen LogP contribution >= 0.6 is 15.9 Å². The summed E-state index contributed by atoms with van der Waals surface area (Å²) >= 11 is 3.58. The van der Waals surface area contributed by atoms with Crippen molar-refractivity contribution in [2.75, 3.05) is 6.54 Å². The van der Waals surface area contributed by atoms with Crippen LogP contribution in [-0.2, 0) is 13.6 Å². The summed E-state index contributed by atoms with van der Waals surface area (Å²) in [6.45, 7) is 3.96. The van der Waals surface area contributed by atoms with Crippen LogP contribution in [0.15, 0.2) is 16.1 Å². The van der Waals surface area contributed by atoms with Gasteiger partial charge < -0.3 is 5.32 Å². The normalized spacial score (nSPS) is 15.4. The highest BCUT2D eigenvalue weighted by molar-refractivity contribution is 9.10. The highest BCUT2D eigenvalue weighted by Gasteiger charge is 2.10. The highest BCUT2D eigenvalue weighted by Crippen LogP contribution is 2.21. The summed E-state index contributed by atoms with van der Waals surface area (Å²) in [7, 11) is 1.99. The fraction of sp³-hybridized carbons (Fsp3) is 0.615. The molecule has 0 aliphatic heterocycles. The van der Waals surface area contributed by atoms with Crippen molar-refractivity contribution < 1.29 is 0 Å². The molecule has 1 N–H and O–H groups in total. The fourth-order valence-corrected chi connectivity index (χ4v) is 2.77. The third-order valence-electron chi connectivity index (χ3n) is 3.31. The molecule has 4 heteroatoms. The maximum Gasteiger partial charge on any atom is 0.0739 e. The van der Waals surface area contributed by atoms with Gasteiger partial charge >= 0.3 is 0 Å². The molecule has 0 unspecified atom stereocenters. The average molecular weight is 298 g/mol. The molecule has 1 aliphatic rings. The van der Waals surface area contributed by atoms with Crippen LogP contribution < -0.4 is 5.32 Å². The average Bonchev–Trinajstić information content (AvgIpc) is 2.87. The smallest absolute Gasteiger partial charge is 0.0739 e. The van der Waals surface area contributed by atoms with Gasteiger partial charge in [-0.25, -0.2) is 0 Å². The summed E-state index contributed by atoms with van der Waals surface area (Å²) in [5.41, 5.74) is 3.91. The Labute approximate surface area is 111 Å². The predicted octanol–water partition coefficient (Wildman–Crippen LogP) is 3.08. The van der Waals surface area contributed by atoms with Gasteiger partial charge in [0.2, 0.25) is 0 Å². The molecule has 0 saturated carbocycles. The molecule has 1 aromatic heterocycles. The van der Waals surface area contributed by atoms with Crippen LogP contribution in [-0.4, -0.2) is 16.3 Å². The second-order valence-corrected chi connectivity index (χ2v) is 5.44. The minimum Gasteiger partial charge on any atom is -0.311 e. The molecule has 0 radical (unpaired) electrons. The molecule has 0 spiro atoms. The van der Waals surface area contributed by atoms with Crippen molar-refractivity contribution >= 4 is 15.9 Å². The zero-order valence-electron chi connectivity index (χ0n) is 10.6. The quantitative estimate of drug-likeness (QED) is 0.669. The van der Waals surface area contributed by atoms with Crippen LogP contribution in [0.2, 0.25) is 0 Å². The van der Waals surface area contributed by atoms with Crippen molar-refractivity contribution in [2.45, 2.75) is 39.2 Å². The Morgan fingerprint density at radius 1 is 1.53 bits per heavy atom. The van der Waals surface area contributed by atoms with Crippen molar-refractivity contribution in [2.24, 2.45) is 7.05 Å². The number of allylic oxidation sites excluding steroid dienone is 1. The van der Waals surface area contributed by atoms with E-state index < -0.39 is 0 Å². The molecule has 1 heterocycles. The maximum atomic E-state index is 4.39. The first kappa shape index (κ1) is 12.8. The predicted molar refractivity (Wildman–Crippen MR) is 73.9 cm³/mol. The van der Waals surface area contributed by atoms with Crippen molar-refractivity contribution in [1.29, 1.82) is 0 Å². The molecule has 2 rings (SSSR count). The number of hydrogen-bond donors (Lipinski definition) is 1. The van der Waals surface area contributed by atoms with Crippen LogP contribution in [0.1, 0.15) is 37.1 Å². The largest absolute Gasteiger partial charge is 0.311 e. The van der Waals surface area contributed by atoms with Crippen molar-refractivity contribution in [3.05, 3.63) is 27.5 Å². The number of nitrogens with zero attached hydrogens (tertiary/aromatic N) is 2. The first-order chi connectivity index (χ1) is 8.18. The van der Waals surface area contributed by atoms with E-state index in [9.17, 15) is 0 Å². The topological polar surface area (TPSA) is 29.9 Å². The first-order valence-corrected chi connectivity index (χ1v) is 7.04. The summed E-state index contributed by atoms with van der Waals surface area (Å²) in [5.74, 6) is 0.